The van der Waals surface area contributed by atoms with Gasteiger partial charge in [-0.25, -0.2) is 9.79 Å². The number of hydrogen-bond donors (Lipinski definition) is 0. The van der Waals surface area contributed by atoms with Crippen LogP contribution in [0.5, 0.6) is 0 Å². The minimum absolute atomic E-state index is 0.280. The number of fused-ring (bicyclic) bond motifs is 4. The number of carbonyl (C=O) groups is 1. The van der Waals surface area contributed by atoms with E-state index in [0.29, 0.717) is 33.1 Å². The van der Waals surface area contributed by atoms with Gasteiger partial charge in [-0.3, -0.25) is 8.63 Å². The molecule has 1 aliphatic rings. The summed E-state index contributed by atoms with van der Waals surface area (Å²) in [6.45, 7) is 0. The third kappa shape index (κ3) is 3.30. The van der Waals surface area contributed by atoms with Crippen molar-refractivity contribution in [3.8, 4) is 0 Å². The van der Waals surface area contributed by atoms with Crippen molar-refractivity contribution >= 4 is 46.6 Å². The van der Waals surface area contributed by atoms with Gasteiger partial charge in [0.1, 0.15) is 0 Å². The van der Waals surface area contributed by atoms with Gasteiger partial charge in [-0.15, -0.1) is 0 Å². The molecule has 2 heterocycles. The Morgan fingerprint density at radius 1 is 1.00 bits per heavy atom. The lowest BCUT2D eigenvalue weighted by molar-refractivity contribution is 0.0601. The molecule has 8 heteroatoms. The van der Waals surface area contributed by atoms with E-state index in [2.05, 4.69) is 0 Å². The van der Waals surface area contributed by atoms with E-state index in [0.717, 1.165) is 21.3 Å². The van der Waals surface area contributed by atoms with Crippen LogP contribution >= 0.6 is 0 Å². The summed E-state index contributed by atoms with van der Waals surface area (Å²) in [7, 11) is 2.32. The molecule has 0 spiro atoms. The van der Waals surface area contributed by atoms with E-state index in [-0.39, 0.29) is 5.56 Å². The van der Waals surface area contributed by atoms with Gasteiger partial charge in [0.25, 0.3) is 0 Å². The zero-order valence-electron chi connectivity index (χ0n) is 18.3. The molecule has 1 aliphatic heterocycles. The summed E-state index contributed by atoms with van der Waals surface area (Å²) in [5, 5.41) is 1.18. The predicted molar refractivity (Wildman–Crippen MR) is 128 cm³/mol. The van der Waals surface area contributed by atoms with Crippen LogP contribution in [0.25, 0.3) is 27.5 Å². The van der Waals surface area contributed by atoms with Crippen molar-refractivity contribution in [2.24, 2.45) is 4.99 Å². The molecule has 33 heavy (non-hydrogen) atoms. The molecular weight excluding hydrogens is 423 g/mol. The number of hydrogen-bond acceptors (Lipinski definition) is 4. The molecule has 164 valence electrons. The highest BCUT2D eigenvalue weighted by molar-refractivity contribution is 6.46. The maximum atomic E-state index is 14.4. The SMILES string of the molecule is COC(=O)c1cc(C2=N/C(=C/N(C)C)c3ccccc32)c2c(c1)c1ccccc1n2B(F)F. The van der Waals surface area contributed by atoms with E-state index in [1.54, 1.807) is 36.4 Å². The second kappa shape index (κ2) is 7.88. The lowest BCUT2D eigenvalue weighted by Crippen LogP contribution is -2.15. The Kier molecular flexibility index (Phi) is 5.00. The van der Waals surface area contributed by atoms with Crippen LogP contribution in [-0.2, 0) is 4.74 Å². The summed E-state index contributed by atoms with van der Waals surface area (Å²) in [4.78, 5) is 19.2. The third-order valence-electron chi connectivity index (χ3n) is 5.75. The Morgan fingerprint density at radius 2 is 1.70 bits per heavy atom. The minimum Gasteiger partial charge on any atom is -0.465 e. The maximum Gasteiger partial charge on any atom is 0.678 e. The summed E-state index contributed by atoms with van der Waals surface area (Å²) in [6.07, 6.45) is 1.88. The molecule has 0 aliphatic carbocycles. The van der Waals surface area contributed by atoms with Crippen LogP contribution < -0.4 is 0 Å². The van der Waals surface area contributed by atoms with Crippen LogP contribution in [0.3, 0.4) is 0 Å². The Labute approximate surface area is 189 Å². The first-order valence-corrected chi connectivity index (χ1v) is 10.4. The monoisotopic (exact) mass is 443 g/mol. The number of rotatable bonds is 4. The number of aromatic nitrogens is 1. The molecule has 0 unspecified atom stereocenters. The normalized spacial score (nSPS) is 14.0. The maximum absolute atomic E-state index is 14.4. The first-order chi connectivity index (χ1) is 15.9. The summed E-state index contributed by atoms with van der Waals surface area (Å²) in [5.41, 5.74) is 4.44. The number of nitrogens with zero attached hydrogens (tertiary/aromatic N) is 3. The van der Waals surface area contributed by atoms with Crippen molar-refractivity contribution in [1.29, 1.82) is 0 Å². The fourth-order valence-electron chi connectivity index (χ4n) is 4.45. The number of ether oxygens (including phenoxy) is 1. The van der Waals surface area contributed by atoms with Crippen molar-refractivity contribution < 1.29 is 18.2 Å². The number of para-hydroxylation sites is 1. The summed E-state index contributed by atoms with van der Waals surface area (Å²) >= 11 is 0. The first-order valence-electron chi connectivity index (χ1n) is 10.4. The van der Waals surface area contributed by atoms with Crippen molar-refractivity contribution in [3.05, 3.63) is 89.1 Å². The molecule has 5 rings (SSSR count). The van der Waals surface area contributed by atoms with E-state index in [1.165, 1.54) is 7.11 Å². The van der Waals surface area contributed by atoms with Gasteiger partial charge in [0.2, 0.25) is 0 Å². The number of halogens is 2. The first kappa shape index (κ1) is 20.9. The van der Waals surface area contributed by atoms with Crippen molar-refractivity contribution in [3.63, 3.8) is 0 Å². The highest BCUT2D eigenvalue weighted by atomic mass is 19.2. The fourth-order valence-corrected chi connectivity index (χ4v) is 4.45. The zero-order valence-corrected chi connectivity index (χ0v) is 18.3. The molecule has 0 fully saturated rings. The fraction of sp³-hybridized carbons (Fsp3) is 0.120. The molecule has 1 aromatic heterocycles. The number of esters is 1. The standard InChI is InChI=1S/C25H20BF2N3O2/c1-30(2)14-21-16-8-4-5-10-18(16)23(29-21)20-13-15(25(32)33-3)12-19-17-9-6-7-11-22(17)31(24(19)20)26(27)28/h4-14H,1-3H3/b21-14+. The molecule has 4 aromatic rings. The number of aliphatic imine (C=N–C) groups is 1. The summed E-state index contributed by atoms with van der Waals surface area (Å²) < 4.78 is 34.8. The Morgan fingerprint density at radius 3 is 2.39 bits per heavy atom. The number of carbonyl (C=O) groups excluding carboxylic acids is 1. The van der Waals surface area contributed by atoms with Gasteiger partial charge in [0.05, 0.1) is 29.6 Å². The van der Waals surface area contributed by atoms with Crippen molar-refractivity contribution in [2.45, 2.75) is 0 Å². The van der Waals surface area contributed by atoms with Gasteiger partial charge in [-0.1, -0.05) is 42.5 Å². The van der Waals surface area contributed by atoms with Gasteiger partial charge in [-0.2, -0.15) is 0 Å². The highest BCUT2D eigenvalue weighted by Gasteiger charge is 2.30. The van der Waals surface area contributed by atoms with Gasteiger partial charge in [0.15, 0.2) is 0 Å². The number of methoxy groups -OCH3 is 1. The van der Waals surface area contributed by atoms with Crippen LogP contribution in [0.4, 0.5) is 8.63 Å². The Balaban J connectivity index is 1.93. The van der Waals surface area contributed by atoms with Gasteiger partial charge in [0, 0.05) is 53.3 Å². The minimum atomic E-state index is -2.77. The predicted octanol–water partition coefficient (Wildman–Crippen LogP) is 5.06. The zero-order chi connectivity index (χ0) is 23.3. The van der Waals surface area contributed by atoms with E-state index in [9.17, 15) is 13.4 Å². The molecule has 0 amide bonds. The van der Waals surface area contributed by atoms with Gasteiger partial charge in [-0.05, 0) is 18.2 Å². The molecule has 0 saturated heterocycles. The Bertz CT molecular complexity index is 1490. The Hall–Kier alpha value is -3.94. The largest absolute Gasteiger partial charge is 0.678 e. The van der Waals surface area contributed by atoms with E-state index in [1.807, 2.05) is 49.5 Å². The molecule has 0 bridgehead atoms. The summed E-state index contributed by atoms with van der Waals surface area (Å²) in [6, 6.07) is 17.8. The second-order valence-corrected chi connectivity index (χ2v) is 8.06. The van der Waals surface area contributed by atoms with Crippen molar-refractivity contribution in [2.75, 3.05) is 21.2 Å². The average Bonchev–Trinajstić information content (AvgIpc) is 3.34. The van der Waals surface area contributed by atoms with Crippen LogP contribution in [0.15, 0.2) is 71.9 Å². The van der Waals surface area contributed by atoms with Gasteiger partial charge < -0.3 is 14.1 Å². The molecule has 0 saturated carbocycles. The van der Waals surface area contributed by atoms with Crippen molar-refractivity contribution in [1.82, 2.24) is 9.38 Å². The molecule has 0 N–H and O–H groups in total. The highest BCUT2D eigenvalue weighted by Crippen LogP contribution is 2.38. The molecule has 0 radical (unpaired) electrons. The number of benzene rings is 3. The quantitative estimate of drug-likeness (QED) is 0.327. The smallest absolute Gasteiger partial charge is 0.465 e. The molecule has 5 nitrogen and oxygen atoms in total. The van der Waals surface area contributed by atoms with E-state index >= 15 is 0 Å². The topological polar surface area (TPSA) is 46.8 Å². The third-order valence-corrected chi connectivity index (χ3v) is 5.75. The van der Waals surface area contributed by atoms with Crippen LogP contribution in [0, 0.1) is 0 Å². The molecule has 0 atom stereocenters. The van der Waals surface area contributed by atoms with Crippen LogP contribution in [0.1, 0.15) is 27.0 Å². The van der Waals surface area contributed by atoms with Crippen LogP contribution in [-0.4, -0.2) is 49.7 Å². The van der Waals surface area contributed by atoms with Gasteiger partial charge >= 0.3 is 13.4 Å². The molecule has 3 aromatic carbocycles. The molecular formula is C25H20BF2N3O2. The lowest BCUT2D eigenvalue weighted by atomic mass is 9.95. The van der Waals surface area contributed by atoms with Crippen LogP contribution in [0.2, 0.25) is 0 Å². The second-order valence-electron chi connectivity index (χ2n) is 8.06. The summed E-state index contributed by atoms with van der Waals surface area (Å²) in [5.74, 6) is -0.539. The lowest BCUT2D eigenvalue weighted by Gasteiger charge is -2.11. The van der Waals surface area contributed by atoms with E-state index < -0.39 is 13.4 Å². The van der Waals surface area contributed by atoms with E-state index in [4.69, 9.17) is 9.73 Å². The average molecular weight is 443 g/mol.